The van der Waals surface area contributed by atoms with Crippen molar-refractivity contribution in [1.29, 1.82) is 0 Å². The molecule has 3 rings (SSSR count). The van der Waals surface area contributed by atoms with Gasteiger partial charge in [-0.05, 0) is 36.8 Å². The number of methoxy groups -OCH3 is 1. The Morgan fingerprint density at radius 2 is 2.03 bits per heavy atom. The smallest absolute Gasteiger partial charge is 0.264 e. The number of aromatic nitrogens is 1. The molecule has 0 atom stereocenters. The topological polar surface area (TPSA) is 116 Å². The van der Waals surface area contributed by atoms with Crippen LogP contribution in [0, 0.1) is 0 Å². The van der Waals surface area contributed by atoms with Crippen LogP contribution in [-0.2, 0) is 4.79 Å². The van der Waals surface area contributed by atoms with Crippen molar-refractivity contribution in [1.82, 2.24) is 10.3 Å². The molecule has 0 saturated carbocycles. The molecule has 0 radical (unpaired) electrons. The third-order valence-electron chi connectivity index (χ3n) is 4.19. The molecule has 150 valence electrons. The number of aromatic amines is 1. The highest BCUT2D eigenvalue weighted by molar-refractivity contribution is 6.33. The second-order valence-electron chi connectivity index (χ2n) is 6.17. The van der Waals surface area contributed by atoms with Crippen LogP contribution in [0.1, 0.15) is 23.2 Å². The van der Waals surface area contributed by atoms with E-state index in [0.29, 0.717) is 40.2 Å². The molecule has 0 aliphatic heterocycles. The van der Waals surface area contributed by atoms with Gasteiger partial charge in [0.2, 0.25) is 5.88 Å². The van der Waals surface area contributed by atoms with E-state index in [1.165, 1.54) is 7.11 Å². The Balaban J connectivity index is 1.54. The number of halogens is 1. The number of azo groups is 1. The molecule has 3 aromatic rings. The van der Waals surface area contributed by atoms with Gasteiger partial charge in [-0.1, -0.05) is 23.7 Å². The first-order valence-corrected chi connectivity index (χ1v) is 9.23. The number of amides is 2. The van der Waals surface area contributed by atoms with Crippen LogP contribution < -0.4 is 10.1 Å². The summed E-state index contributed by atoms with van der Waals surface area (Å²) in [5.41, 5.74) is 1.19. The monoisotopic (exact) mass is 414 g/mol. The van der Waals surface area contributed by atoms with Crippen LogP contribution in [0.3, 0.4) is 0 Å². The van der Waals surface area contributed by atoms with E-state index in [4.69, 9.17) is 16.3 Å². The summed E-state index contributed by atoms with van der Waals surface area (Å²) in [4.78, 5) is 26.8. The van der Waals surface area contributed by atoms with Gasteiger partial charge in [0, 0.05) is 18.4 Å². The van der Waals surface area contributed by atoms with E-state index in [2.05, 4.69) is 20.5 Å². The maximum absolute atomic E-state index is 12.0. The lowest BCUT2D eigenvalue weighted by Crippen LogP contribution is -2.25. The fraction of sp³-hybridized carbons (Fsp3) is 0.200. The molecule has 9 heteroatoms. The number of fused-ring (bicyclic) bond motifs is 1. The van der Waals surface area contributed by atoms with Gasteiger partial charge in [-0.2, -0.15) is 0 Å². The molecular weight excluding hydrogens is 396 g/mol. The number of nitrogens with zero attached hydrogens (tertiary/aromatic N) is 2. The molecule has 0 bridgehead atoms. The number of nitrogens with one attached hydrogen (secondary N) is 2. The predicted molar refractivity (Wildman–Crippen MR) is 109 cm³/mol. The zero-order chi connectivity index (χ0) is 20.8. The minimum Gasteiger partial charge on any atom is -0.497 e. The maximum Gasteiger partial charge on any atom is 0.264 e. The minimum atomic E-state index is -0.464. The number of rotatable bonds is 7. The molecule has 0 unspecified atom stereocenters. The van der Waals surface area contributed by atoms with Crippen LogP contribution >= 0.6 is 11.6 Å². The van der Waals surface area contributed by atoms with Crippen molar-refractivity contribution in [2.24, 2.45) is 10.2 Å². The van der Waals surface area contributed by atoms with Gasteiger partial charge in [0.05, 0.1) is 23.2 Å². The second kappa shape index (κ2) is 9.20. The molecule has 0 fully saturated rings. The van der Waals surface area contributed by atoms with Crippen LogP contribution in [0.15, 0.2) is 52.7 Å². The van der Waals surface area contributed by atoms with Crippen molar-refractivity contribution in [2.75, 3.05) is 13.7 Å². The van der Waals surface area contributed by atoms with Gasteiger partial charge in [0.15, 0.2) is 5.69 Å². The van der Waals surface area contributed by atoms with Crippen molar-refractivity contribution >= 4 is 40.0 Å². The number of carbonyl (C=O) groups is 2. The third-order valence-corrected chi connectivity index (χ3v) is 4.52. The Bertz CT molecular complexity index is 1080. The average molecular weight is 415 g/mol. The van der Waals surface area contributed by atoms with Crippen LogP contribution in [-0.4, -0.2) is 35.6 Å². The van der Waals surface area contributed by atoms with E-state index in [-0.39, 0.29) is 23.9 Å². The van der Waals surface area contributed by atoms with Gasteiger partial charge in [0.25, 0.3) is 11.8 Å². The van der Waals surface area contributed by atoms with Crippen molar-refractivity contribution < 1.29 is 19.4 Å². The lowest BCUT2D eigenvalue weighted by Gasteiger charge is -2.05. The van der Waals surface area contributed by atoms with Crippen molar-refractivity contribution in [3.8, 4) is 11.6 Å². The van der Waals surface area contributed by atoms with Crippen LogP contribution in [0.5, 0.6) is 11.6 Å². The van der Waals surface area contributed by atoms with E-state index < -0.39 is 5.91 Å². The first-order valence-electron chi connectivity index (χ1n) is 8.85. The lowest BCUT2D eigenvalue weighted by molar-refractivity contribution is -0.118. The largest absolute Gasteiger partial charge is 0.497 e. The summed E-state index contributed by atoms with van der Waals surface area (Å²) >= 11 is 5.97. The van der Waals surface area contributed by atoms with Gasteiger partial charge in [-0.3, -0.25) is 9.59 Å². The molecular formula is C20H19ClN4O4. The van der Waals surface area contributed by atoms with Crippen molar-refractivity contribution in [3.63, 3.8) is 0 Å². The molecule has 0 aliphatic carbocycles. The molecule has 0 aliphatic rings. The van der Waals surface area contributed by atoms with Gasteiger partial charge in [0.1, 0.15) is 5.75 Å². The van der Waals surface area contributed by atoms with E-state index >= 15 is 0 Å². The highest BCUT2D eigenvalue weighted by Gasteiger charge is 2.12. The summed E-state index contributed by atoms with van der Waals surface area (Å²) in [5, 5.41) is 21.2. The predicted octanol–water partition coefficient (Wildman–Crippen LogP) is 4.36. The Labute approximate surface area is 171 Å². The molecule has 2 amide bonds. The van der Waals surface area contributed by atoms with Crippen molar-refractivity contribution in [3.05, 3.63) is 53.1 Å². The average Bonchev–Trinajstić information content (AvgIpc) is 3.03. The van der Waals surface area contributed by atoms with E-state index in [9.17, 15) is 14.7 Å². The summed E-state index contributed by atoms with van der Waals surface area (Å²) in [5.74, 6) is -0.360. The lowest BCUT2D eigenvalue weighted by atomic mass is 10.2. The molecule has 29 heavy (non-hydrogen) atoms. The molecule has 1 aromatic heterocycles. The Morgan fingerprint density at radius 3 is 2.79 bits per heavy atom. The maximum atomic E-state index is 12.0. The van der Waals surface area contributed by atoms with Crippen molar-refractivity contribution in [2.45, 2.75) is 12.8 Å². The fourth-order valence-electron chi connectivity index (χ4n) is 2.71. The quantitative estimate of drug-likeness (QED) is 0.393. The SMILES string of the molecule is COc1ccc2[nH]c(O)c(N=NC(=O)CCCNC(=O)c3ccccc3Cl)c2c1. The zero-order valence-corrected chi connectivity index (χ0v) is 16.4. The number of aromatic hydroxyl groups is 1. The third kappa shape index (κ3) is 4.91. The first-order chi connectivity index (χ1) is 14.0. The summed E-state index contributed by atoms with van der Waals surface area (Å²) in [6, 6.07) is 11.9. The Kier molecular flexibility index (Phi) is 6.46. The number of ether oxygens (including phenoxy) is 1. The van der Waals surface area contributed by atoms with Crippen LogP contribution in [0.4, 0.5) is 5.69 Å². The molecule has 8 nitrogen and oxygen atoms in total. The van der Waals surface area contributed by atoms with Gasteiger partial charge >= 0.3 is 0 Å². The second-order valence-corrected chi connectivity index (χ2v) is 6.57. The molecule has 0 spiro atoms. The highest BCUT2D eigenvalue weighted by Crippen LogP contribution is 2.37. The first kappa shape index (κ1) is 20.3. The van der Waals surface area contributed by atoms with E-state index in [0.717, 1.165) is 0 Å². The number of carbonyl (C=O) groups excluding carboxylic acids is 2. The summed E-state index contributed by atoms with van der Waals surface area (Å²) in [6.45, 7) is 0.293. The molecule has 2 aromatic carbocycles. The van der Waals surface area contributed by atoms with Gasteiger partial charge < -0.3 is 20.1 Å². The number of hydrogen-bond acceptors (Lipinski definition) is 5. The van der Waals surface area contributed by atoms with Crippen LogP contribution in [0.25, 0.3) is 10.9 Å². The minimum absolute atomic E-state index is 0.0960. The van der Waals surface area contributed by atoms with Gasteiger partial charge in [-0.25, -0.2) is 0 Å². The molecule has 3 N–H and O–H groups in total. The summed E-state index contributed by atoms with van der Waals surface area (Å²) in [7, 11) is 1.53. The Hall–Kier alpha value is -3.39. The summed E-state index contributed by atoms with van der Waals surface area (Å²) in [6.07, 6.45) is 0.487. The molecule has 1 heterocycles. The van der Waals surface area contributed by atoms with E-state index in [1.807, 2.05) is 0 Å². The summed E-state index contributed by atoms with van der Waals surface area (Å²) < 4.78 is 5.16. The number of hydrogen-bond donors (Lipinski definition) is 3. The standard InChI is InChI=1S/C20H19ClN4O4/c1-29-12-8-9-16-14(11-12)18(20(28)23-16)25-24-17(26)7-4-10-22-19(27)13-5-2-3-6-15(13)21/h2-3,5-6,8-9,11,23,28H,4,7,10H2,1H3,(H,22,27). The number of benzene rings is 2. The zero-order valence-electron chi connectivity index (χ0n) is 15.6. The van der Waals surface area contributed by atoms with Gasteiger partial charge in [-0.15, -0.1) is 10.2 Å². The fourth-order valence-corrected chi connectivity index (χ4v) is 2.93. The number of H-pyrrole nitrogens is 1. The van der Waals surface area contributed by atoms with Crippen LogP contribution in [0.2, 0.25) is 5.02 Å². The van der Waals surface area contributed by atoms with E-state index in [1.54, 1.807) is 42.5 Å². The molecule has 0 saturated heterocycles. The Morgan fingerprint density at radius 1 is 1.24 bits per heavy atom. The normalized spacial score (nSPS) is 11.1. The highest BCUT2D eigenvalue weighted by atomic mass is 35.5.